The summed E-state index contributed by atoms with van der Waals surface area (Å²) in [5.74, 6) is -6.01. The molecular weight excluding hydrogens is 517 g/mol. The summed E-state index contributed by atoms with van der Waals surface area (Å²) in [5.41, 5.74) is 2.95. The molecule has 2 aliphatic rings. The van der Waals surface area contributed by atoms with Gasteiger partial charge in [0.1, 0.15) is 12.2 Å². The number of amides is 3. The number of carbonyl (C=O) groups excluding carboxylic acids is 3. The molecule has 2 fully saturated rings. The van der Waals surface area contributed by atoms with Crippen LogP contribution < -0.4 is 5.32 Å². The van der Waals surface area contributed by atoms with Crippen molar-refractivity contribution in [2.75, 3.05) is 31.5 Å². The van der Waals surface area contributed by atoms with Crippen molar-refractivity contribution < 1.29 is 32.7 Å². The third kappa shape index (κ3) is 5.13. The Morgan fingerprint density at radius 3 is 2.44 bits per heavy atom. The first-order valence-corrected chi connectivity index (χ1v) is 12.5. The molecule has 1 aromatic carbocycles. The van der Waals surface area contributed by atoms with Crippen LogP contribution >= 0.6 is 0 Å². The number of hydrogen-bond donors (Lipinski definition) is 3. The number of carbonyl (C=O) groups is 3. The number of anilines is 1. The van der Waals surface area contributed by atoms with Crippen LogP contribution in [-0.4, -0.2) is 79.7 Å². The van der Waals surface area contributed by atoms with E-state index in [2.05, 4.69) is 15.4 Å². The zero-order valence-corrected chi connectivity index (χ0v) is 21.3. The number of halogens is 3. The molecular formula is C26H27F3N6O4. The molecule has 0 radical (unpaired) electrons. The number of nitrogens with zero attached hydrogens (tertiary/aromatic N) is 4. The Morgan fingerprint density at radius 2 is 1.77 bits per heavy atom. The standard InChI is InChI=1S/C26H27F3N6O4/c1-13-23(14(2)35(32-13)12-22(37)34-10-17(36)11-34)20-3-4-21(31-20)26(39)33-6-5-15(9-33)25(38)30-16-7-18(27)24(29)19(28)8-16/h3-4,7-8,15,17,31,36H,5-6,9-12H2,1-2H3,(H,30,38)/t15-/m0/s1. The number of aliphatic hydroxyl groups excluding tert-OH is 1. The number of likely N-dealkylation sites (tertiary alicyclic amines) is 2. The molecule has 0 bridgehead atoms. The highest BCUT2D eigenvalue weighted by Crippen LogP contribution is 2.28. The molecule has 3 N–H and O–H groups in total. The van der Waals surface area contributed by atoms with Gasteiger partial charge in [-0.3, -0.25) is 19.1 Å². The van der Waals surface area contributed by atoms with E-state index < -0.39 is 35.4 Å². The minimum absolute atomic E-state index is 0.0420. The summed E-state index contributed by atoms with van der Waals surface area (Å²) in [7, 11) is 0. The van der Waals surface area contributed by atoms with Gasteiger partial charge in [-0.1, -0.05) is 0 Å². The number of aliphatic hydroxyl groups is 1. The number of hydrogen-bond acceptors (Lipinski definition) is 5. The maximum absolute atomic E-state index is 13.5. The summed E-state index contributed by atoms with van der Waals surface area (Å²) >= 11 is 0. The first-order valence-electron chi connectivity index (χ1n) is 12.5. The summed E-state index contributed by atoms with van der Waals surface area (Å²) in [4.78, 5) is 44.4. The van der Waals surface area contributed by atoms with Crippen LogP contribution in [0.15, 0.2) is 24.3 Å². The van der Waals surface area contributed by atoms with Crippen LogP contribution in [-0.2, 0) is 16.1 Å². The van der Waals surface area contributed by atoms with Gasteiger partial charge < -0.3 is 25.2 Å². The molecule has 0 unspecified atom stereocenters. The van der Waals surface area contributed by atoms with Gasteiger partial charge in [0, 0.05) is 61.0 Å². The Morgan fingerprint density at radius 1 is 1.08 bits per heavy atom. The van der Waals surface area contributed by atoms with Crippen LogP contribution in [0.4, 0.5) is 18.9 Å². The summed E-state index contributed by atoms with van der Waals surface area (Å²) in [6.45, 7) is 4.72. The van der Waals surface area contributed by atoms with Gasteiger partial charge in [-0.25, -0.2) is 13.2 Å². The fourth-order valence-electron chi connectivity index (χ4n) is 4.99. The smallest absolute Gasteiger partial charge is 0.270 e. The second kappa shape index (κ2) is 10.2. The molecule has 206 valence electrons. The lowest BCUT2D eigenvalue weighted by Crippen LogP contribution is -2.54. The van der Waals surface area contributed by atoms with Gasteiger partial charge in [-0.2, -0.15) is 5.10 Å². The quantitative estimate of drug-likeness (QED) is 0.411. The third-order valence-corrected chi connectivity index (χ3v) is 7.16. The molecule has 3 aromatic rings. The molecule has 2 aromatic heterocycles. The van der Waals surface area contributed by atoms with Crippen molar-refractivity contribution in [1.82, 2.24) is 24.6 Å². The lowest BCUT2D eigenvalue weighted by atomic mass is 10.1. The van der Waals surface area contributed by atoms with Gasteiger partial charge in [0.2, 0.25) is 11.8 Å². The summed E-state index contributed by atoms with van der Waals surface area (Å²) in [6.07, 6.45) is -0.131. The molecule has 0 spiro atoms. The van der Waals surface area contributed by atoms with Crippen molar-refractivity contribution in [3.8, 4) is 11.3 Å². The van der Waals surface area contributed by atoms with E-state index in [0.29, 0.717) is 55.3 Å². The number of nitrogens with one attached hydrogen (secondary N) is 2. The maximum Gasteiger partial charge on any atom is 0.270 e. The molecule has 13 heteroatoms. The van der Waals surface area contributed by atoms with E-state index in [9.17, 15) is 32.7 Å². The molecule has 3 amide bonds. The number of rotatable bonds is 6. The fourth-order valence-corrected chi connectivity index (χ4v) is 4.99. The first kappa shape index (κ1) is 26.5. The molecule has 39 heavy (non-hydrogen) atoms. The highest BCUT2D eigenvalue weighted by Gasteiger charge is 2.33. The molecule has 10 nitrogen and oxygen atoms in total. The third-order valence-electron chi connectivity index (χ3n) is 7.16. The number of β-amino-alcohol motifs (C(OH)–C–C–N with tert-alkyl or cyclic N) is 1. The van der Waals surface area contributed by atoms with Crippen molar-refractivity contribution in [2.24, 2.45) is 5.92 Å². The highest BCUT2D eigenvalue weighted by molar-refractivity contribution is 5.96. The maximum atomic E-state index is 13.5. The predicted molar refractivity (Wildman–Crippen MR) is 133 cm³/mol. The monoisotopic (exact) mass is 544 g/mol. The first-order chi connectivity index (χ1) is 18.5. The Bertz CT molecular complexity index is 1440. The molecule has 4 heterocycles. The predicted octanol–water partition coefficient (Wildman–Crippen LogP) is 2.22. The van der Waals surface area contributed by atoms with Gasteiger partial charge in [0.25, 0.3) is 5.91 Å². The van der Waals surface area contributed by atoms with E-state index in [1.807, 2.05) is 13.8 Å². The van der Waals surface area contributed by atoms with E-state index >= 15 is 0 Å². The lowest BCUT2D eigenvalue weighted by Gasteiger charge is -2.35. The second-order valence-electron chi connectivity index (χ2n) is 9.92. The van der Waals surface area contributed by atoms with Crippen molar-refractivity contribution >= 4 is 23.4 Å². The van der Waals surface area contributed by atoms with E-state index in [0.717, 1.165) is 11.3 Å². The van der Waals surface area contributed by atoms with Gasteiger partial charge in [-0.15, -0.1) is 0 Å². The highest BCUT2D eigenvalue weighted by atomic mass is 19.2. The number of aromatic amines is 1. The fraction of sp³-hybridized carbons (Fsp3) is 0.385. The van der Waals surface area contributed by atoms with Crippen LogP contribution in [0.1, 0.15) is 28.3 Å². The van der Waals surface area contributed by atoms with Crippen LogP contribution in [0.2, 0.25) is 0 Å². The Hall–Kier alpha value is -4.13. The van der Waals surface area contributed by atoms with Crippen LogP contribution in [0.3, 0.4) is 0 Å². The average Bonchev–Trinajstić information content (AvgIpc) is 3.60. The number of aromatic nitrogens is 3. The van der Waals surface area contributed by atoms with E-state index in [1.54, 1.807) is 21.7 Å². The van der Waals surface area contributed by atoms with Crippen molar-refractivity contribution in [1.29, 1.82) is 0 Å². The van der Waals surface area contributed by atoms with Gasteiger partial charge in [0.05, 0.1) is 17.7 Å². The van der Waals surface area contributed by atoms with Gasteiger partial charge >= 0.3 is 0 Å². The minimum atomic E-state index is -1.62. The second-order valence-corrected chi connectivity index (χ2v) is 9.92. The van der Waals surface area contributed by atoms with E-state index in [-0.39, 0.29) is 30.6 Å². The van der Waals surface area contributed by atoms with Crippen LogP contribution in [0.5, 0.6) is 0 Å². The molecule has 0 saturated carbocycles. The van der Waals surface area contributed by atoms with Gasteiger partial charge in [0.15, 0.2) is 17.5 Å². The average molecular weight is 545 g/mol. The normalized spacial score (nSPS) is 17.4. The Balaban J connectivity index is 1.23. The lowest BCUT2D eigenvalue weighted by molar-refractivity contribution is -0.142. The SMILES string of the molecule is Cc1nn(CC(=O)N2CC(O)C2)c(C)c1-c1ccc(C(=O)N2CC[C@H](C(=O)Nc3cc(F)c(F)c(F)c3)C2)[nH]1. The topological polar surface area (TPSA) is 124 Å². The van der Waals surface area contributed by atoms with E-state index in [1.165, 1.54) is 4.90 Å². The molecule has 0 aliphatic carbocycles. The number of H-pyrrole nitrogens is 1. The minimum Gasteiger partial charge on any atom is -0.389 e. The summed E-state index contributed by atoms with van der Waals surface area (Å²) in [6, 6.07) is 4.79. The van der Waals surface area contributed by atoms with Crippen molar-refractivity contribution in [3.05, 3.63) is 58.8 Å². The Labute approximate surface area is 221 Å². The summed E-state index contributed by atoms with van der Waals surface area (Å²) < 4.78 is 41.7. The molecule has 2 aliphatic heterocycles. The van der Waals surface area contributed by atoms with Crippen molar-refractivity contribution in [3.63, 3.8) is 0 Å². The zero-order valence-electron chi connectivity index (χ0n) is 21.3. The molecule has 1 atom stereocenters. The van der Waals surface area contributed by atoms with Gasteiger partial charge in [-0.05, 0) is 32.4 Å². The largest absolute Gasteiger partial charge is 0.389 e. The number of aryl methyl sites for hydroxylation is 1. The zero-order chi connectivity index (χ0) is 28.0. The molecule has 2 saturated heterocycles. The summed E-state index contributed by atoms with van der Waals surface area (Å²) in [5, 5.41) is 16.3. The van der Waals surface area contributed by atoms with Crippen LogP contribution in [0.25, 0.3) is 11.3 Å². The van der Waals surface area contributed by atoms with Crippen LogP contribution in [0, 0.1) is 37.2 Å². The van der Waals surface area contributed by atoms with Crippen molar-refractivity contribution in [2.45, 2.75) is 32.9 Å². The van der Waals surface area contributed by atoms with E-state index in [4.69, 9.17) is 0 Å². The Kier molecular flexibility index (Phi) is 6.93. The number of benzene rings is 1. The molecule has 5 rings (SSSR count).